The standard InChI is InChI=1S/C17H19NO/c1-13(2)12-18-17(19)11-10-15-8-5-7-14-6-3-4-9-16(14)15/h3-11,13H,12H2,1-2H3,(H,18,19)/b11-10+. The molecule has 0 aliphatic carbocycles. The fraction of sp³-hybridized carbons (Fsp3) is 0.235. The van der Waals surface area contributed by atoms with E-state index < -0.39 is 0 Å². The van der Waals surface area contributed by atoms with Crippen molar-refractivity contribution < 1.29 is 4.79 Å². The Morgan fingerprint density at radius 2 is 1.89 bits per heavy atom. The number of carbonyl (C=O) groups excluding carboxylic acids is 1. The Bertz CT molecular complexity index is 594. The molecule has 0 bridgehead atoms. The van der Waals surface area contributed by atoms with Crippen molar-refractivity contribution in [3.63, 3.8) is 0 Å². The molecule has 19 heavy (non-hydrogen) atoms. The number of amides is 1. The summed E-state index contributed by atoms with van der Waals surface area (Å²) in [5, 5.41) is 5.23. The molecule has 1 amide bonds. The normalized spacial score (nSPS) is 11.3. The van der Waals surface area contributed by atoms with Gasteiger partial charge < -0.3 is 5.32 Å². The number of hydrogen-bond acceptors (Lipinski definition) is 1. The molecule has 0 unspecified atom stereocenters. The van der Waals surface area contributed by atoms with Gasteiger partial charge in [0.25, 0.3) is 0 Å². The SMILES string of the molecule is CC(C)CNC(=O)/C=C/c1cccc2ccccc12. The minimum Gasteiger partial charge on any atom is -0.352 e. The zero-order chi connectivity index (χ0) is 13.7. The molecule has 0 atom stereocenters. The predicted octanol–water partition coefficient (Wildman–Crippen LogP) is 3.63. The highest BCUT2D eigenvalue weighted by molar-refractivity contribution is 5.96. The lowest BCUT2D eigenvalue weighted by atomic mass is 10.0. The summed E-state index contributed by atoms with van der Waals surface area (Å²) >= 11 is 0. The first-order valence-corrected chi connectivity index (χ1v) is 6.60. The molecule has 0 aromatic heterocycles. The lowest BCUT2D eigenvalue weighted by molar-refractivity contribution is -0.116. The van der Waals surface area contributed by atoms with E-state index in [0.29, 0.717) is 12.5 Å². The minimum absolute atomic E-state index is 0.0402. The van der Waals surface area contributed by atoms with Crippen LogP contribution in [0.4, 0.5) is 0 Å². The van der Waals surface area contributed by atoms with Gasteiger partial charge in [0.1, 0.15) is 0 Å². The fourth-order valence-electron chi connectivity index (χ4n) is 1.92. The van der Waals surface area contributed by atoms with Crippen molar-refractivity contribution in [3.05, 3.63) is 54.1 Å². The summed E-state index contributed by atoms with van der Waals surface area (Å²) in [5.41, 5.74) is 1.07. The first kappa shape index (κ1) is 13.3. The molecule has 2 heteroatoms. The highest BCUT2D eigenvalue weighted by atomic mass is 16.1. The topological polar surface area (TPSA) is 29.1 Å². The van der Waals surface area contributed by atoms with Crippen molar-refractivity contribution in [2.45, 2.75) is 13.8 Å². The number of nitrogens with one attached hydrogen (secondary N) is 1. The second-order valence-electron chi connectivity index (χ2n) is 5.04. The molecule has 2 rings (SSSR count). The first-order chi connectivity index (χ1) is 9.16. The third-order valence-electron chi connectivity index (χ3n) is 2.92. The summed E-state index contributed by atoms with van der Waals surface area (Å²) < 4.78 is 0. The number of benzene rings is 2. The summed E-state index contributed by atoms with van der Waals surface area (Å²) in [4.78, 5) is 11.7. The summed E-state index contributed by atoms with van der Waals surface area (Å²) in [6.45, 7) is 4.86. The van der Waals surface area contributed by atoms with Gasteiger partial charge in [0.2, 0.25) is 5.91 Å². The summed E-state index contributed by atoms with van der Waals surface area (Å²) in [5.74, 6) is 0.427. The molecule has 98 valence electrons. The van der Waals surface area contributed by atoms with Crippen molar-refractivity contribution in [1.29, 1.82) is 0 Å². The number of carbonyl (C=O) groups is 1. The molecule has 2 aromatic carbocycles. The molecular formula is C17H19NO. The van der Waals surface area contributed by atoms with Crippen LogP contribution in [0.2, 0.25) is 0 Å². The van der Waals surface area contributed by atoms with Gasteiger partial charge >= 0.3 is 0 Å². The Kier molecular flexibility index (Phi) is 4.35. The maximum Gasteiger partial charge on any atom is 0.244 e. The van der Waals surface area contributed by atoms with E-state index in [1.54, 1.807) is 6.08 Å². The smallest absolute Gasteiger partial charge is 0.244 e. The highest BCUT2D eigenvalue weighted by Gasteiger charge is 1.99. The largest absolute Gasteiger partial charge is 0.352 e. The van der Waals surface area contributed by atoms with Crippen LogP contribution >= 0.6 is 0 Å². The zero-order valence-corrected chi connectivity index (χ0v) is 11.4. The second kappa shape index (κ2) is 6.19. The van der Waals surface area contributed by atoms with Crippen LogP contribution in [0, 0.1) is 5.92 Å². The van der Waals surface area contributed by atoms with Gasteiger partial charge in [0.05, 0.1) is 0 Å². The summed E-state index contributed by atoms with van der Waals surface area (Å²) in [6.07, 6.45) is 3.47. The average Bonchev–Trinajstić information content (AvgIpc) is 2.42. The van der Waals surface area contributed by atoms with E-state index in [1.807, 2.05) is 30.3 Å². The number of rotatable bonds is 4. The van der Waals surface area contributed by atoms with Gasteiger partial charge in [-0.05, 0) is 28.3 Å². The predicted molar refractivity (Wildman–Crippen MR) is 80.8 cm³/mol. The molecule has 0 heterocycles. The molecule has 0 spiro atoms. The van der Waals surface area contributed by atoms with E-state index in [2.05, 4.69) is 37.4 Å². The van der Waals surface area contributed by atoms with E-state index in [0.717, 1.165) is 10.9 Å². The van der Waals surface area contributed by atoms with Crippen molar-refractivity contribution >= 4 is 22.8 Å². The maximum atomic E-state index is 11.7. The molecule has 0 fully saturated rings. The van der Waals surface area contributed by atoms with Crippen LogP contribution in [0.5, 0.6) is 0 Å². The van der Waals surface area contributed by atoms with E-state index in [9.17, 15) is 4.79 Å². The Hall–Kier alpha value is -2.09. The average molecular weight is 253 g/mol. The van der Waals surface area contributed by atoms with Gasteiger partial charge in [-0.1, -0.05) is 56.3 Å². The van der Waals surface area contributed by atoms with Gasteiger partial charge in [0.15, 0.2) is 0 Å². The van der Waals surface area contributed by atoms with Gasteiger partial charge in [-0.25, -0.2) is 0 Å². The monoisotopic (exact) mass is 253 g/mol. The Labute approximate surface area is 114 Å². The molecule has 2 aromatic rings. The van der Waals surface area contributed by atoms with Gasteiger partial charge in [0, 0.05) is 12.6 Å². The van der Waals surface area contributed by atoms with Crippen LogP contribution in [0.25, 0.3) is 16.8 Å². The van der Waals surface area contributed by atoms with Crippen molar-refractivity contribution in [2.75, 3.05) is 6.54 Å². The van der Waals surface area contributed by atoms with Gasteiger partial charge in [-0.2, -0.15) is 0 Å². The van der Waals surface area contributed by atoms with E-state index in [-0.39, 0.29) is 5.91 Å². The van der Waals surface area contributed by atoms with Crippen molar-refractivity contribution in [3.8, 4) is 0 Å². The van der Waals surface area contributed by atoms with E-state index in [4.69, 9.17) is 0 Å². The fourth-order valence-corrected chi connectivity index (χ4v) is 1.92. The molecule has 0 radical (unpaired) electrons. The van der Waals surface area contributed by atoms with Crippen LogP contribution in [-0.4, -0.2) is 12.5 Å². The highest BCUT2D eigenvalue weighted by Crippen LogP contribution is 2.19. The minimum atomic E-state index is -0.0402. The molecule has 0 aliphatic rings. The maximum absolute atomic E-state index is 11.7. The van der Waals surface area contributed by atoms with Crippen molar-refractivity contribution in [1.82, 2.24) is 5.32 Å². The molecule has 0 saturated heterocycles. The zero-order valence-electron chi connectivity index (χ0n) is 11.4. The van der Waals surface area contributed by atoms with Crippen LogP contribution < -0.4 is 5.32 Å². The third-order valence-corrected chi connectivity index (χ3v) is 2.92. The van der Waals surface area contributed by atoms with Crippen LogP contribution in [0.1, 0.15) is 19.4 Å². The first-order valence-electron chi connectivity index (χ1n) is 6.60. The molecular weight excluding hydrogens is 234 g/mol. The van der Waals surface area contributed by atoms with Crippen LogP contribution in [-0.2, 0) is 4.79 Å². The number of fused-ring (bicyclic) bond motifs is 1. The summed E-state index contributed by atoms with van der Waals surface area (Å²) in [7, 11) is 0. The molecule has 0 saturated carbocycles. The number of hydrogen-bond donors (Lipinski definition) is 1. The van der Waals surface area contributed by atoms with Gasteiger partial charge in [-0.3, -0.25) is 4.79 Å². The second-order valence-corrected chi connectivity index (χ2v) is 5.04. The van der Waals surface area contributed by atoms with Crippen LogP contribution in [0.3, 0.4) is 0 Å². The Morgan fingerprint density at radius 3 is 2.68 bits per heavy atom. The van der Waals surface area contributed by atoms with E-state index >= 15 is 0 Å². The van der Waals surface area contributed by atoms with E-state index in [1.165, 1.54) is 5.39 Å². The Morgan fingerprint density at radius 1 is 1.16 bits per heavy atom. The molecule has 2 nitrogen and oxygen atoms in total. The third kappa shape index (κ3) is 3.68. The summed E-state index contributed by atoms with van der Waals surface area (Å²) in [6, 6.07) is 14.3. The quantitative estimate of drug-likeness (QED) is 0.828. The van der Waals surface area contributed by atoms with Crippen molar-refractivity contribution in [2.24, 2.45) is 5.92 Å². The lowest BCUT2D eigenvalue weighted by Crippen LogP contribution is -2.25. The molecule has 1 N–H and O–H groups in total. The Balaban J connectivity index is 2.15. The molecule has 0 aliphatic heterocycles. The van der Waals surface area contributed by atoms with Crippen LogP contribution in [0.15, 0.2) is 48.5 Å². The van der Waals surface area contributed by atoms with Gasteiger partial charge in [-0.15, -0.1) is 0 Å². The lowest BCUT2D eigenvalue weighted by Gasteiger charge is -2.05.